The van der Waals surface area contributed by atoms with E-state index in [-0.39, 0.29) is 5.91 Å². The van der Waals surface area contributed by atoms with E-state index in [0.717, 1.165) is 11.3 Å². The van der Waals surface area contributed by atoms with Crippen LogP contribution in [-0.4, -0.2) is 37.0 Å². The molecule has 0 bridgehead atoms. The smallest absolute Gasteiger partial charge is 0.260 e. The Hall–Kier alpha value is -2.53. The van der Waals surface area contributed by atoms with Crippen molar-refractivity contribution in [3.8, 4) is 5.75 Å². The molecule has 0 unspecified atom stereocenters. The fraction of sp³-hybridized carbons (Fsp3) is 0.222. The second-order valence-electron chi connectivity index (χ2n) is 5.45. The SMILES string of the molecule is COc1ccc(C(=O)N2CCN=C2Nc2c(C)cccc2Cl)cc1. The lowest BCUT2D eigenvalue weighted by molar-refractivity contribution is 0.0858. The summed E-state index contributed by atoms with van der Waals surface area (Å²) in [6, 6.07) is 12.7. The minimum Gasteiger partial charge on any atom is -0.497 e. The molecule has 124 valence electrons. The Balaban J connectivity index is 1.81. The van der Waals surface area contributed by atoms with Crippen LogP contribution in [0.4, 0.5) is 5.69 Å². The highest BCUT2D eigenvalue weighted by Gasteiger charge is 2.25. The standard InChI is InChI=1S/C18H18ClN3O2/c1-12-4-3-5-15(19)16(12)21-18-20-10-11-22(18)17(23)13-6-8-14(24-2)9-7-13/h3-9H,10-11H2,1-2H3,(H,20,21). The fourth-order valence-electron chi connectivity index (χ4n) is 2.54. The Morgan fingerprint density at radius 3 is 2.67 bits per heavy atom. The summed E-state index contributed by atoms with van der Waals surface area (Å²) in [7, 11) is 1.60. The van der Waals surface area contributed by atoms with Crippen LogP contribution >= 0.6 is 11.6 Å². The minimum absolute atomic E-state index is 0.105. The number of aliphatic imine (C=N–C) groups is 1. The molecule has 1 aliphatic rings. The predicted octanol–water partition coefficient (Wildman–Crippen LogP) is 3.58. The van der Waals surface area contributed by atoms with E-state index in [1.165, 1.54) is 0 Å². The predicted molar refractivity (Wildman–Crippen MR) is 96.1 cm³/mol. The summed E-state index contributed by atoms with van der Waals surface area (Å²) >= 11 is 6.25. The molecular weight excluding hydrogens is 326 g/mol. The van der Waals surface area contributed by atoms with E-state index in [1.54, 1.807) is 36.3 Å². The summed E-state index contributed by atoms with van der Waals surface area (Å²) in [6.07, 6.45) is 0. The van der Waals surface area contributed by atoms with Gasteiger partial charge >= 0.3 is 0 Å². The Bertz CT molecular complexity index is 767. The van der Waals surface area contributed by atoms with Gasteiger partial charge in [-0.05, 0) is 42.8 Å². The first-order valence-corrected chi connectivity index (χ1v) is 8.00. The van der Waals surface area contributed by atoms with Crippen molar-refractivity contribution < 1.29 is 9.53 Å². The van der Waals surface area contributed by atoms with Crippen molar-refractivity contribution in [3.63, 3.8) is 0 Å². The average Bonchev–Trinajstić information content (AvgIpc) is 3.06. The Morgan fingerprint density at radius 2 is 2.00 bits per heavy atom. The lowest BCUT2D eigenvalue weighted by Gasteiger charge is -2.21. The number of amides is 1. The van der Waals surface area contributed by atoms with Crippen molar-refractivity contribution in [1.29, 1.82) is 0 Å². The van der Waals surface area contributed by atoms with Gasteiger partial charge in [0.1, 0.15) is 5.75 Å². The number of carbonyl (C=O) groups is 1. The largest absolute Gasteiger partial charge is 0.497 e. The van der Waals surface area contributed by atoms with Gasteiger partial charge in [-0.3, -0.25) is 14.7 Å². The molecule has 1 heterocycles. The fourth-order valence-corrected chi connectivity index (χ4v) is 2.81. The molecule has 2 aromatic rings. The molecule has 0 saturated heterocycles. The van der Waals surface area contributed by atoms with E-state index in [4.69, 9.17) is 16.3 Å². The number of carbonyl (C=O) groups excluding carboxylic acids is 1. The number of nitrogens with one attached hydrogen (secondary N) is 1. The maximum atomic E-state index is 12.7. The zero-order valence-corrected chi connectivity index (χ0v) is 14.3. The van der Waals surface area contributed by atoms with Crippen molar-refractivity contribution in [2.75, 3.05) is 25.5 Å². The summed E-state index contributed by atoms with van der Waals surface area (Å²) in [6.45, 7) is 3.06. The van der Waals surface area contributed by atoms with Crippen LogP contribution in [0.3, 0.4) is 0 Å². The number of halogens is 1. The van der Waals surface area contributed by atoms with Crippen molar-refractivity contribution in [2.24, 2.45) is 4.99 Å². The van der Waals surface area contributed by atoms with Crippen molar-refractivity contribution in [2.45, 2.75) is 6.92 Å². The molecule has 6 heteroatoms. The van der Waals surface area contributed by atoms with E-state index in [1.807, 2.05) is 25.1 Å². The van der Waals surface area contributed by atoms with Gasteiger partial charge in [0, 0.05) is 12.1 Å². The van der Waals surface area contributed by atoms with Crippen LogP contribution in [0.2, 0.25) is 5.02 Å². The highest BCUT2D eigenvalue weighted by atomic mass is 35.5. The molecule has 0 atom stereocenters. The van der Waals surface area contributed by atoms with Crippen molar-refractivity contribution in [1.82, 2.24) is 4.90 Å². The Labute approximate surface area is 145 Å². The summed E-state index contributed by atoms with van der Waals surface area (Å²) in [5.41, 5.74) is 2.35. The third-order valence-electron chi connectivity index (χ3n) is 3.88. The molecule has 0 saturated carbocycles. The number of rotatable bonds is 3. The number of benzene rings is 2. The van der Waals surface area contributed by atoms with Crippen LogP contribution in [0.1, 0.15) is 15.9 Å². The second-order valence-corrected chi connectivity index (χ2v) is 5.85. The van der Waals surface area contributed by atoms with Gasteiger partial charge in [0.2, 0.25) is 5.96 Å². The highest BCUT2D eigenvalue weighted by molar-refractivity contribution is 6.34. The second kappa shape index (κ2) is 6.93. The zero-order chi connectivity index (χ0) is 17.1. The van der Waals surface area contributed by atoms with Crippen LogP contribution < -0.4 is 10.1 Å². The molecule has 0 fully saturated rings. The third-order valence-corrected chi connectivity index (χ3v) is 4.20. The minimum atomic E-state index is -0.105. The Morgan fingerprint density at radius 1 is 1.25 bits per heavy atom. The molecule has 5 nitrogen and oxygen atoms in total. The molecule has 0 aromatic heterocycles. The number of para-hydroxylation sites is 1. The van der Waals surface area contributed by atoms with Crippen LogP contribution in [-0.2, 0) is 0 Å². The lowest BCUT2D eigenvalue weighted by Crippen LogP contribution is -2.38. The maximum absolute atomic E-state index is 12.7. The molecule has 2 aromatic carbocycles. The van der Waals surface area contributed by atoms with Gasteiger partial charge < -0.3 is 10.1 Å². The molecule has 0 spiro atoms. The van der Waals surface area contributed by atoms with Crippen molar-refractivity contribution in [3.05, 3.63) is 58.6 Å². The molecule has 1 N–H and O–H groups in total. The zero-order valence-electron chi connectivity index (χ0n) is 13.5. The van der Waals surface area contributed by atoms with Crippen LogP contribution in [0.25, 0.3) is 0 Å². The van der Waals surface area contributed by atoms with E-state index >= 15 is 0 Å². The first-order chi connectivity index (χ1) is 11.6. The lowest BCUT2D eigenvalue weighted by atomic mass is 10.2. The number of methoxy groups -OCH3 is 1. The van der Waals surface area contributed by atoms with Crippen LogP contribution in [0.5, 0.6) is 5.75 Å². The van der Waals surface area contributed by atoms with E-state index in [2.05, 4.69) is 10.3 Å². The summed E-state index contributed by atoms with van der Waals surface area (Å²) in [4.78, 5) is 18.8. The molecule has 1 amide bonds. The average molecular weight is 344 g/mol. The van der Waals surface area contributed by atoms with E-state index in [9.17, 15) is 4.79 Å². The topological polar surface area (TPSA) is 53.9 Å². The summed E-state index contributed by atoms with van der Waals surface area (Å²) < 4.78 is 5.13. The summed E-state index contributed by atoms with van der Waals surface area (Å²) in [5.74, 6) is 1.13. The molecule has 1 aliphatic heterocycles. The van der Waals surface area contributed by atoms with Gasteiger partial charge in [0.05, 0.1) is 24.4 Å². The number of guanidine groups is 1. The van der Waals surface area contributed by atoms with Gasteiger partial charge in [-0.15, -0.1) is 0 Å². The number of hydrogen-bond acceptors (Lipinski definition) is 4. The number of aryl methyl sites for hydroxylation is 1. The van der Waals surface area contributed by atoms with Gasteiger partial charge in [0.25, 0.3) is 5.91 Å². The normalized spacial score (nSPS) is 13.6. The third kappa shape index (κ3) is 3.21. The first kappa shape index (κ1) is 16.3. The number of nitrogens with zero attached hydrogens (tertiary/aromatic N) is 2. The molecule has 24 heavy (non-hydrogen) atoms. The Kier molecular flexibility index (Phi) is 4.71. The summed E-state index contributed by atoms with van der Waals surface area (Å²) in [5, 5.41) is 3.80. The molecule has 3 rings (SSSR count). The number of anilines is 1. The number of ether oxygens (including phenoxy) is 1. The van der Waals surface area contributed by atoms with Crippen LogP contribution in [0, 0.1) is 6.92 Å². The van der Waals surface area contributed by atoms with Gasteiger partial charge in [0.15, 0.2) is 0 Å². The van der Waals surface area contributed by atoms with Crippen LogP contribution in [0.15, 0.2) is 47.5 Å². The highest BCUT2D eigenvalue weighted by Crippen LogP contribution is 2.26. The van der Waals surface area contributed by atoms with Crippen molar-refractivity contribution >= 4 is 29.2 Å². The first-order valence-electron chi connectivity index (χ1n) is 7.62. The van der Waals surface area contributed by atoms with Gasteiger partial charge in [-0.2, -0.15) is 0 Å². The number of hydrogen-bond donors (Lipinski definition) is 1. The molecule has 0 radical (unpaired) electrons. The molecule has 0 aliphatic carbocycles. The maximum Gasteiger partial charge on any atom is 0.260 e. The van der Waals surface area contributed by atoms with E-state index < -0.39 is 0 Å². The molecular formula is C18H18ClN3O2. The quantitative estimate of drug-likeness (QED) is 0.926. The van der Waals surface area contributed by atoms with Gasteiger partial charge in [-0.25, -0.2) is 0 Å². The monoisotopic (exact) mass is 343 g/mol. The van der Waals surface area contributed by atoms with Gasteiger partial charge in [-0.1, -0.05) is 23.7 Å². The van der Waals surface area contributed by atoms with E-state index in [0.29, 0.717) is 35.4 Å².